The molecule has 1 atom stereocenters. The van der Waals surface area contributed by atoms with Gasteiger partial charge in [-0.3, -0.25) is 29.4 Å². The summed E-state index contributed by atoms with van der Waals surface area (Å²) < 4.78 is 13.6. The summed E-state index contributed by atoms with van der Waals surface area (Å²) in [5.74, 6) is -0.0867. The van der Waals surface area contributed by atoms with Crippen LogP contribution in [-0.4, -0.2) is 38.2 Å². The highest BCUT2D eigenvalue weighted by molar-refractivity contribution is 5.94. The van der Waals surface area contributed by atoms with Crippen LogP contribution in [0.15, 0.2) is 61.1 Å². The van der Waals surface area contributed by atoms with Crippen LogP contribution in [0.4, 0.5) is 10.2 Å². The molecule has 0 bridgehead atoms. The van der Waals surface area contributed by atoms with E-state index in [0.717, 1.165) is 22.5 Å². The molecule has 0 spiro atoms. The average Bonchev–Trinajstić information content (AvgIpc) is 2.83. The van der Waals surface area contributed by atoms with Crippen molar-refractivity contribution in [1.82, 2.24) is 19.9 Å². The Hall–Kier alpha value is -4.07. The Morgan fingerprint density at radius 3 is 2.76 bits per heavy atom. The Bertz CT molecular complexity index is 1410. The van der Waals surface area contributed by atoms with E-state index in [2.05, 4.69) is 19.9 Å². The number of aromatic nitrogens is 4. The second kappa shape index (κ2) is 9.05. The van der Waals surface area contributed by atoms with Gasteiger partial charge in [0.05, 0.1) is 28.6 Å². The third kappa shape index (κ3) is 4.39. The van der Waals surface area contributed by atoms with Crippen molar-refractivity contribution in [2.75, 3.05) is 11.4 Å². The fourth-order valence-electron chi connectivity index (χ4n) is 4.40. The molecule has 1 saturated heterocycles. The maximum Gasteiger partial charge on any atom is 0.228 e. The minimum atomic E-state index is -0.397. The minimum absolute atomic E-state index is 0.0917. The molecule has 1 fully saturated rings. The molecule has 1 amide bonds. The number of carbonyl (C=O) groups is 2. The van der Waals surface area contributed by atoms with Crippen LogP contribution >= 0.6 is 0 Å². The van der Waals surface area contributed by atoms with Crippen LogP contribution in [0, 0.1) is 5.82 Å². The van der Waals surface area contributed by atoms with Crippen molar-refractivity contribution in [3.63, 3.8) is 0 Å². The van der Waals surface area contributed by atoms with E-state index < -0.39 is 5.82 Å². The van der Waals surface area contributed by atoms with E-state index in [0.29, 0.717) is 36.2 Å². The molecule has 1 aliphatic heterocycles. The van der Waals surface area contributed by atoms with Gasteiger partial charge in [0.2, 0.25) is 5.91 Å². The van der Waals surface area contributed by atoms with Crippen LogP contribution in [0.5, 0.6) is 0 Å². The highest BCUT2D eigenvalue weighted by atomic mass is 19.1. The fourth-order valence-corrected chi connectivity index (χ4v) is 4.40. The average molecular weight is 455 g/mol. The molecule has 0 saturated carbocycles. The van der Waals surface area contributed by atoms with E-state index in [1.807, 2.05) is 24.3 Å². The molecule has 2 aromatic carbocycles. The molecule has 5 rings (SSSR count). The topological polar surface area (TPSA) is 88.9 Å². The molecule has 3 heterocycles. The molecule has 4 aromatic rings. The van der Waals surface area contributed by atoms with Crippen LogP contribution in [-0.2, 0) is 16.0 Å². The highest BCUT2D eigenvalue weighted by Crippen LogP contribution is 2.34. The number of halogens is 1. The second-order valence-corrected chi connectivity index (χ2v) is 8.47. The lowest BCUT2D eigenvalue weighted by molar-refractivity contribution is -0.120. The summed E-state index contributed by atoms with van der Waals surface area (Å²) in [5.41, 5.74) is 4.26. The molecule has 0 radical (unpaired) electrons. The molecule has 8 heteroatoms. The molecule has 34 heavy (non-hydrogen) atoms. The minimum Gasteiger partial charge on any atom is -0.300 e. The molecular formula is C26H22FN5O2. The lowest BCUT2D eigenvalue weighted by atomic mass is 9.89. The first-order valence-electron chi connectivity index (χ1n) is 11.1. The Balaban J connectivity index is 1.40. The Morgan fingerprint density at radius 1 is 1.09 bits per heavy atom. The summed E-state index contributed by atoms with van der Waals surface area (Å²) >= 11 is 0. The van der Waals surface area contributed by atoms with Crippen molar-refractivity contribution in [3.8, 4) is 11.3 Å². The summed E-state index contributed by atoms with van der Waals surface area (Å²) in [5, 5.41) is 0. The summed E-state index contributed by atoms with van der Waals surface area (Å²) in [6.07, 6.45) is 6.11. The smallest absolute Gasteiger partial charge is 0.228 e. The summed E-state index contributed by atoms with van der Waals surface area (Å²) in [6, 6.07) is 11.9. The van der Waals surface area contributed by atoms with Gasteiger partial charge < -0.3 is 0 Å². The van der Waals surface area contributed by atoms with Crippen LogP contribution in [0.1, 0.15) is 36.9 Å². The molecule has 1 aliphatic rings. The number of benzene rings is 2. The number of anilines is 1. The van der Waals surface area contributed by atoms with Gasteiger partial charge in [-0.25, -0.2) is 9.37 Å². The number of hydrogen-bond acceptors (Lipinski definition) is 6. The molecule has 0 N–H and O–H groups in total. The van der Waals surface area contributed by atoms with Gasteiger partial charge >= 0.3 is 0 Å². The number of hydrogen-bond donors (Lipinski definition) is 0. The number of Topliss-reactive ketones (excluding diaryl/α,β-unsaturated/α-hetero) is 1. The Morgan fingerprint density at radius 2 is 1.94 bits per heavy atom. The number of rotatable bonds is 5. The first kappa shape index (κ1) is 21.8. The van der Waals surface area contributed by atoms with Gasteiger partial charge in [0.1, 0.15) is 11.6 Å². The molecule has 2 aromatic heterocycles. The summed E-state index contributed by atoms with van der Waals surface area (Å²) in [4.78, 5) is 44.2. The molecule has 1 unspecified atom stereocenters. The Labute approximate surface area is 195 Å². The normalized spacial score (nSPS) is 16.1. The SMILES string of the molecule is CC(=O)Cc1cccc(-c2nccnc2C2CCN(c3cnc4ccc(F)cc4n3)C(=O)C2)c1. The number of carbonyl (C=O) groups excluding carboxylic acids is 2. The van der Waals surface area contributed by atoms with E-state index in [9.17, 15) is 14.0 Å². The number of nitrogens with zero attached hydrogens (tertiary/aromatic N) is 5. The van der Waals surface area contributed by atoms with Gasteiger partial charge in [-0.2, -0.15) is 0 Å². The number of amides is 1. The van der Waals surface area contributed by atoms with Gasteiger partial charge in [0.25, 0.3) is 0 Å². The third-order valence-corrected chi connectivity index (χ3v) is 5.96. The fraction of sp³-hybridized carbons (Fsp3) is 0.231. The lowest BCUT2D eigenvalue weighted by Gasteiger charge is -2.31. The van der Waals surface area contributed by atoms with Crippen LogP contribution in [0.3, 0.4) is 0 Å². The molecule has 170 valence electrons. The van der Waals surface area contributed by atoms with Gasteiger partial charge in [-0.15, -0.1) is 0 Å². The van der Waals surface area contributed by atoms with Gasteiger partial charge in [-0.1, -0.05) is 18.2 Å². The summed E-state index contributed by atoms with van der Waals surface area (Å²) in [7, 11) is 0. The lowest BCUT2D eigenvalue weighted by Crippen LogP contribution is -2.39. The third-order valence-electron chi connectivity index (χ3n) is 5.96. The number of piperidine rings is 1. The van der Waals surface area contributed by atoms with Crippen molar-refractivity contribution in [1.29, 1.82) is 0 Å². The van der Waals surface area contributed by atoms with Gasteiger partial charge in [0, 0.05) is 49.3 Å². The zero-order chi connectivity index (χ0) is 23.7. The number of fused-ring (bicyclic) bond motifs is 1. The zero-order valence-corrected chi connectivity index (χ0v) is 18.6. The van der Waals surface area contributed by atoms with Gasteiger partial charge in [0.15, 0.2) is 5.82 Å². The van der Waals surface area contributed by atoms with Crippen LogP contribution in [0.25, 0.3) is 22.3 Å². The van der Waals surface area contributed by atoms with Crippen molar-refractivity contribution in [2.24, 2.45) is 0 Å². The molecular weight excluding hydrogens is 433 g/mol. The predicted octanol–water partition coefficient (Wildman–Crippen LogP) is 4.27. The van der Waals surface area contributed by atoms with Crippen molar-refractivity contribution in [2.45, 2.75) is 32.1 Å². The predicted molar refractivity (Wildman–Crippen MR) is 126 cm³/mol. The van der Waals surface area contributed by atoms with E-state index >= 15 is 0 Å². The largest absolute Gasteiger partial charge is 0.300 e. The van der Waals surface area contributed by atoms with E-state index in [-0.39, 0.29) is 24.0 Å². The maximum atomic E-state index is 13.6. The quantitative estimate of drug-likeness (QED) is 0.447. The van der Waals surface area contributed by atoms with Gasteiger partial charge in [-0.05, 0) is 37.1 Å². The van der Waals surface area contributed by atoms with Crippen molar-refractivity contribution < 1.29 is 14.0 Å². The number of ketones is 1. The Kier molecular flexibility index (Phi) is 5.79. The van der Waals surface area contributed by atoms with Crippen LogP contribution in [0.2, 0.25) is 0 Å². The van der Waals surface area contributed by atoms with Crippen molar-refractivity contribution in [3.05, 3.63) is 78.1 Å². The maximum absolute atomic E-state index is 13.6. The molecule has 0 aliphatic carbocycles. The van der Waals surface area contributed by atoms with E-state index in [4.69, 9.17) is 0 Å². The van der Waals surface area contributed by atoms with Crippen LogP contribution < -0.4 is 4.90 Å². The standard InChI is InChI=1S/C26H22FN5O2/c1-16(33)11-17-3-2-4-18(12-17)25-26(29-9-8-28-25)19-7-10-32(24(34)13-19)23-15-30-21-6-5-20(27)14-22(21)31-23/h2-6,8-9,12,14-15,19H,7,10-11,13H2,1H3. The van der Waals surface area contributed by atoms with E-state index in [1.165, 1.54) is 12.1 Å². The first-order chi connectivity index (χ1) is 16.5. The monoisotopic (exact) mass is 455 g/mol. The molecule has 7 nitrogen and oxygen atoms in total. The second-order valence-electron chi connectivity index (χ2n) is 8.47. The first-order valence-corrected chi connectivity index (χ1v) is 11.1. The highest BCUT2D eigenvalue weighted by Gasteiger charge is 2.31. The van der Waals surface area contributed by atoms with Crippen molar-refractivity contribution >= 4 is 28.5 Å². The van der Waals surface area contributed by atoms with E-state index in [1.54, 1.807) is 36.5 Å². The zero-order valence-electron chi connectivity index (χ0n) is 18.6. The summed E-state index contributed by atoms with van der Waals surface area (Å²) in [6.45, 7) is 2.01.